The van der Waals surface area contributed by atoms with Crippen LogP contribution >= 0.6 is 0 Å². The van der Waals surface area contributed by atoms with Crippen LogP contribution in [-0.2, 0) is 14.3 Å². The summed E-state index contributed by atoms with van der Waals surface area (Å²) in [5.41, 5.74) is 0. The van der Waals surface area contributed by atoms with Gasteiger partial charge in [0.2, 0.25) is 5.91 Å². The van der Waals surface area contributed by atoms with Gasteiger partial charge >= 0.3 is 5.97 Å². The molecule has 0 saturated carbocycles. The van der Waals surface area contributed by atoms with E-state index in [0.29, 0.717) is 19.3 Å². The summed E-state index contributed by atoms with van der Waals surface area (Å²) in [6.07, 6.45) is 71.7. The number of rotatable bonds is 49. The van der Waals surface area contributed by atoms with Crippen molar-refractivity contribution >= 4 is 11.9 Å². The van der Waals surface area contributed by atoms with Crippen LogP contribution in [0.3, 0.4) is 0 Å². The number of nitrogens with one attached hydrogen (secondary N) is 1. The van der Waals surface area contributed by atoms with E-state index in [9.17, 15) is 19.8 Å². The Labute approximate surface area is 414 Å². The third-order valence-corrected chi connectivity index (χ3v) is 12.3. The van der Waals surface area contributed by atoms with Crippen molar-refractivity contribution in [3.05, 3.63) is 97.2 Å². The lowest BCUT2D eigenvalue weighted by Gasteiger charge is -2.24. The van der Waals surface area contributed by atoms with E-state index in [1.807, 2.05) is 24.3 Å². The van der Waals surface area contributed by atoms with Crippen molar-refractivity contribution in [3.63, 3.8) is 0 Å². The molecule has 0 heterocycles. The number of aliphatic hydroxyl groups is 2. The summed E-state index contributed by atoms with van der Waals surface area (Å²) in [7, 11) is 0. The molecule has 0 radical (unpaired) electrons. The van der Waals surface area contributed by atoms with Crippen molar-refractivity contribution < 1.29 is 24.5 Å². The number of carbonyl (C=O) groups is 2. The fourth-order valence-corrected chi connectivity index (χ4v) is 8.06. The van der Waals surface area contributed by atoms with Crippen LogP contribution in [0.15, 0.2) is 97.2 Å². The van der Waals surface area contributed by atoms with Crippen LogP contribution in [-0.4, -0.2) is 46.9 Å². The summed E-state index contributed by atoms with van der Waals surface area (Å²) in [5, 5.41) is 23.9. The van der Waals surface area contributed by atoms with Gasteiger partial charge in [-0.2, -0.15) is 0 Å². The van der Waals surface area contributed by atoms with E-state index in [-0.39, 0.29) is 24.9 Å². The van der Waals surface area contributed by atoms with Crippen molar-refractivity contribution in [3.8, 4) is 0 Å². The van der Waals surface area contributed by atoms with Gasteiger partial charge in [0.25, 0.3) is 0 Å². The fourth-order valence-electron chi connectivity index (χ4n) is 8.06. The van der Waals surface area contributed by atoms with Gasteiger partial charge in [-0.25, -0.2) is 0 Å². The smallest absolute Gasteiger partial charge is 0.306 e. The molecule has 0 aromatic heterocycles. The first-order valence-electron chi connectivity index (χ1n) is 28.0. The molecule has 0 aromatic rings. The molecular formula is C61H105NO5. The monoisotopic (exact) mass is 932 g/mol. The molecule has 67 heavy (non-hydrogen) atoms. The van der Waals surface area contributed by atoms with Crippen LogP contribution < -0.4 is 5.32 Å². The number of hydrogen-bond donors (Lipinski definition) is 3. The average molecular weight is 933 g/mol. The van der Waals surface area contributed by atoms with E-state index >= 15 is 0 Å². The first-order valence-corrected chi connectivity index (χ1v) is 28.0. The van der Waals surface area contributed by atoms with E-state index in [1.54, 1.807) is 0 Å². The van der Waals surface area contributed by atoms with Crippen LogP contribution in [0, 0.1) is 0 Å². The standard InChI is InChI=1S/C61H105NO5/c1-4-7-10-13-16-19-22-25-28-30-31-33-36-39-42-45-48-51-54-61(66)67-57(52-49-46-43-40-37-34-27-24-21-18-15-12-9-6-3)55-60(65)62-58(56-63)59(64)53-50-47-44-41-38-35-32-29-26-23-20-17-14-11-8-5-2/h9-10,12-13,16,18-19,21-22,25,27-28,30-31,33-34,57-59,63-64H,4-8,11,14-15,17,20,23-24,26,29,32,35-56H2,1-3H3,(H,62,65)/b12-9+,13-10+,19-16+,21-18+,25-22+,30-28+,33-31+,34-27+. The van der Waals surface area contributed by atoms with Crippen LogP contribution in [0.5, 0.6) is 0 Å². The Morgan fingerprint density at radius 1 is 0.463 bits per heavy atom. The molecule has 0 bridgehead atoms. The predicted octanol–water partition coefficient (Wildman–Crippen LogP) is 17.3. The quantitative estimate of drug-likeness (QED) is 0.0244. The SMILES string of the molecule is CC/C=C/C/C=C/C/C=C/CCCCCCC(CC(=O)NC(CO)C(O)CCCCCCCCCCCCCCCCCC)OC(=O)CCCCCCC/C=C/C=C/C=C/C=C/C=C/CCC. The third-order valence-electron chi connectivity index (χ3n) is 12.3. The lowest BCUT2D eigenvalue weighted by atomic mass is 10.0. The van der Waals surface area contributed by atoms with Gasteiger partial charge < -0.3 is 20.3 Å². The fraction of sp³-hybridized carbons (Fsp3) is 0.705. The van der Waals surface area contributed by atoms with Crippen LogP contribution in [0.25, 0.3) is 0 Å². The minimum Gasteiger partial charge on any atom is -0.462 e. The number of ether oxygens (including phenoxy) is 1. The maximum atomic E-state index is 13.3. The zero-order valence-electron chi connectivity index (χ0n) is 43.8. The third kappa shape index (κ3) is 49.0. The molecule has 1 amide bonds. The second kappa shape index (κ2) is 53.7. The Morgan fingerprint density at radius 2 is 0.896 bits per heavy atom. The summed E-state index contributed by atoms with van der Waals surface area (Å²) in [6.45, 7) is 6.28. The minimum absolute atomic E-state index is 0.0469. The van der Waals surface area contributed by atoms with Gasteiger partial charge in [-0.3, -0.25) is 9.59 Å². The molecule has 384 valence electrons. The molecule has 0 saturated heterocycles. The highest BCUT2D eigenvalue weighted by molar-refractivity contribution is 5.77. The summed E-state index contributed by atoms with van der Waals surface area (Å²) in [5.74, 6) is -0.528. The first-order chi connectivity index (χ1) is 33.0. The Balaban J connectivity index is 4.64. The second-order valence-electron chi connectivity index (χ2n) is 18.7. The molecule has 0 fully saturated rings. The number of allylic oxidation sites excluding steroid dienone is 16. The van der Waals surface area contributed by atoms with Crippen molar-refractivity contribution in [2.24, 2.45) is 0 Å². The van der Waals surface area contributed by atoms with Gasteiger partial charge in [0.15, 0.2) is 0 Å². The van der Waals surface area contributed by atoms with Crippen LogP contribution in [0.1, 0.15) is 252 Å². The van der Waals surface area contributed by atoms with Gasteiger partial charge in [0.05, 0.1) is 25.2 Å². The summed E-state index contributed by atoms with van der Waals surface area (Å²) < 4.78 is 5.93. The molecule has 0 aliphatic carbocycles. The average Bonchev–Trinajstić information content (AvgIpc) is 3.32. The Kier molecular flexibility index (Phi) is 51.1. The van der Waals surface area contributed by atoms with E-state index < -0.39 is 18.2 Å². The molecule has 6 heteroatoms. The Bertz CT molecular complexity index is 1320. The molecule has 6 nitrogen and oxygen atoms in total. The van der Waals surface area contributed by atoms with Crippen LogP contribution in [0.2, 0.25) is 0 Å². The van der Waals surface area contributed by atoms with E-state index in [0.717, 1.165) is 116 Å². The second-order valence-corrected chi connectivity index (χ2v) is 18.7. The molecular weight excluding hydrogens is 827 g/mol. The van der Waals surface area contributed by atoms with Crippen molar-refractivity contribution in [2.75, 3.05) is 6.61 Å². The number of aliphatic hydroxyl groups excluding tert-OH is 2. The lowest BCUT2D eigenvalue weighted by molar-refractivity contribution is -0.151. The number of amides is 1. The number of unbranched alkanes of at least 4 members (excludes halogenated alkanes) is 25. The maximum absolute atomic E-state index is 13.3. The maximum Gasteiger partial charge on any atom is 0.306 e. The number of hydrogen-bond acceptors (Lipinski definition) is 5. The van der Waals surface area contributed by atoms with Crippen molar-refractivity contribution in [2.45, 2.75) is 270 Å². The molecule has 0 rings (SSSR count). The summed E-state index contributed by atoms with van der Waals surface area (Å²) >= 11 is 0. The molecule has 0 aliphatic heterocycles. The lowest BCUT2D eigenvalue weighted by Crippen LogP contribution is -2.46. The number of esters is 1. The predicted molar refractivity (Wildman–Crippen MR) is 291 cm³/mol. The highest BCUT2D eigenvalue weighted by Crippen LogP contribution is 2.18. The van der Waals surface area contributed by atoms with Gasteiger partial charge in [0, 0.05) is 6.42 Å². The normalized spacial score (nSPS) is 13.9. The van der Waals surface area contributed by atoms with Gasteiger partial charge in [-0.05, 0) is 77.0 Å². The summed E-state index contributed by atoms with van der Waals surface area (Å²) in [6, 6.07) is -0.721. The van der Waals surface area contributed by atoms with E-state index in [1.165, 1.54) is 89.9 Å². The summed E-state index contributed by atoms with van der Waals surface area (Å²) in [4.78, 5) is 26.3. The minimum atomic E-state index is -0.805. The molecule has 3 unspecified atom stereocenters. The topological polar surface area (TPSA) is 95.9 Å². The largest absolute Gasteiger partial charge is 0.462 e. The highest BCUT2D eigenvalue weighted by Gasteiger charge is 2.24. The first kappa shape index (κ1) is 63.8. The van der Waals surface area contributed by atoms with E-state index in [2.05, 4.69) is 99.0 Å². The zero-order valence-corrected chi connectivity index (χ0v) is 43.8. The van der Waals surface area contributed by atoms with Crippen molar-refractivity contribution in [1.82, 2.24) is 5.32 Å². The Morgan fingerprint density at radius 3 is 1.42 bits per heavy atom. The molecule has 3 atom stereocenters. The van der Waals surface area contributed by atoms with Gasteiger partial charge in [-0.1, -0.05) is 259 Å². The molecule has 0 aliphatic rings. The van der Waals surface area contributed by atoms with Crippen LogP contribution in [0.4, 0.5) is 0 Å². The van der Waals surface area contributed by atoms with Gasteiger partial charge in [-0.15, -0.1) is 0 Å². The highest BCUT2D eigenvalue weighted by atomic mass is 16.5. The molecule has 0 aromatic carbocycles. The van der Waals surface area contributed by atoms with Crippen molar-refractivity contribution in [1.29, 1.82) is 0 Å². The molecule has 0 spiro atoms. The van der Waals surface area contributed by atoms with E-state index in [4.69, 9.17) is 4.74 Å². The molecule has 3 N–H and O–H groups in total. The zero-order chi connectivity index (χ0) is 48.8. The van der Waals surface area contributed by atoms with Gasteiger partial charge in [0.1, 0.15) is 6.10 Å². The number of carbonyl (C=O) groups excluding carboxylic acids is 2. The Hall–Kier alpha value is -3.22.